The lowest BCUT2D eigenvalue weighted by Crippen LogP contribution is -2.05. The third kappa shape index (κ3) is 6.40. The standard InChI is InChI=1S/C11H16IN3O2/c1-17-10(16)5-3-2-4-6-13-11-14-7-9(12)8-15-11/h7-8H,2-6H2,1H3,(H,13,14,15). The highest BCUT2D eigenvalue weighted by Gasteiger charge is 1.99. The number of nitrogens with zero attached hydrogens (tertiary/aromatic N) is 2. The van der Waals surface area contributed by atoms with Gasteiger partial charge in [-0.05, 0) is 35.4 Å². The Morgan fingerprint density at radius 1 is 1.35 bits per heavy atom. The number of carbonyl (C=O) groups is 1. The van der Waals surface area contributed by atoms with Crippen molar-refractivity contribution in [1.29, 1.82) is 0 Å². The second kappa shape index (κ2) is 8.21. The number of carbonyl (C=O) groups excluding carboxylic acids is 1. The first-order valence-corrected chi connectivity index (χ1v) is 6.58. The van der Waals surface area contributed by atoms with E-state index in [1.165, 1.54) is 7.11 Å². The van der Waals surface area contributed by atoms with Crippen molar-refractivity contribution in [3.63, 3.8) is 0 Å². The zero-order valence-corrected chi connectivity index (χ0v) is 11.9. The molecular formula is C11H16IN3O2. The summed E-state index contributed by atoms with van der Waals surface area (Å²) in [6.45, 7) is 0.821. The van der Waals surface area contributed by atoms with Crippen LogP contribution in [0.1, 0.15) is 25.7 Å². The van der Waals surface area contributed by atoms with Crippen LogP contribution in [0.4, 0.5) is 5.95 Å². The van der Waals surface area contributed by atoms with Gasteiger partial charge in [0.2, 0.25) is 5.95 Å². The van der Waals surface area contributed by atoms with Crippen molar-refractivity contribution in [2.45, 2.75) is 25.7 Å². The van der Waals surface area contributed by atoms with E-state index in [9.17, 15) is 4.79 Å². The molecule has 1 N–H and O–H groups in total. The lowest BCUT2D eigenvalue weighted by atomic mass is 10.2. The number of nitrogens with one attached hydrogen (secondary N) is 1. The second-order valence-corrected chi connectivity index (χ2v) is 4.78. The number of hydrogen-bond acceptors (Lipinski definition) is 5. The van der Waals surface area contributed by atoms with Crippen molar-refractivity contribution in [3.8, 4) is 0 Å². The van der Waals surface area contributed by atoms with E-state index in [-0.39, 0.29) is 5.97 Å². The molecule has 0 amide bonds. The van der Waals surface area contributed by atoms with E-state index in [0.29, 0.717) is 12.4 Å². The molecule has 0 bridgehead atoms. The van der Waals surface area contributed by atoms with Crippen LogP contribution in [0.15, 0.2) is 12.4 Å². The highest BCUT2D eigenvalue weighted by atomic mass is 127. The van der Waals surface area contributed by atoms with Crippen molar-refractivity contribution >= 4 is 34.5 Å². The van der Waals surface area contributed by atoms with Crippen molar-refractivity contribution in [1.82, 2.24) is 9.97 Å². The Bertz CT molecular complexity index is 343. The molecule has 1 aromatic heterocycles. The molecule has 0 unspecified atom stereocenters. The van der Waals surface area contributed by atoms with Gasteiger partial charge in [0.1, 0.15) is 0 Å². The second-order valence-electron chi connectivity index (χ2n) is 3.54. The first-order chi connectivity index (χ1) is 8.22. The molecule has 0 saturated heterocycles. The summed E-state index contributed by atoms with van der Waals surface area (Å²) in [5.41, 5.74) is 0. The largest absolute Gasteiger partial charge is 0.469 e. The lowest BCUT2D eigenvalue weighted by molar-refractivity contribution is -0.140. The van der Waals surface area contributed by atoms with Gasteiger partial charge in [-0.1, -0.05) is 6.42 Å². The van der Waals surface area contributed by atoms with Crippen LogP contribution in [0.2, 0.25) is 0 Å². The Kier molecular flexibility index (Phi) is 6.83. The Labute approximate surface area is 115 Å². The van der Waals surface area contributed by atoms with Crippen LogP contribution in [-0.2, 0) is 9.53 Å². The van der Waals surface area contributed by atoms with Crippen LogP contribution in [0.25, 0.3) is 0 Å². The van der Waals surface area contributed by atoms with Gasteiger partial charge in [-0.2, -0.15) is 0 Å². The molecule has 0 saturated carbocycles. The molecule has 94 valence electrons. The summed E-state index contributed by atoms with van der Waals surface area (Å²) in [5, 5.41) is 3.13. The van der Waals surface area contributed by atoms with Crippen molar-refractivity contribution < 1.29 is 9.53 Å². The Hall–Kier alpha value is -0.920. The fourth-order valence-corrected chi connectivity index (χ4v) is 1.56. The number of ether oxygens (including phenoxy) is 1. The molecule has 1 rings (SSSR count). The van der Waals surface area contributed by atoms with E-state index in [1.54, 1.807) is 12.4 Å². The first kappa shape index (κ1) is 14.1. The number of methoxy groups -OCH3 is 1. The molecule has 5 nitrogen and oxygen atoms in total. The fourth-order valence-electron chi connectivity index (χ4n) is 1.28. The summed E-state index contributed by atoms with van der Waals surface area (Å²) >= 11 is 2.17. The number of esters is 1. The predicted octanol–water partition coefficient (Wildman–Crippen LogP) is 2.23. The average Bonchev–Trinajstić information content (AvgIpc) is 2.35. The monoisotopic (exact) mass is 349 g/mol. The summed E-state index contributed by atoms with van der Waals surface area (Å²) < 4.78 is 5.58. The maximum atomic E-state index is 10.8. The minimum atomic E-state index is -0.140. The number of aromatic nitrogens is 2. The van der Waals surface area contributed by atoms with Crippen molar-refractivity contribution in [2.24, 2.45) is 0 Å². The van der Waals surface area contributed by atoms with Crippen LogP contribution >= 0.6 is 22.6 Å². The van der Waals surface area contributed by atoms with Crippen LogP contribution in [-0.4, -0.2) is 29.6 Å². The van der Waals surface area contributed by atoms with E-state index in [1.807, 2.05) is 0 Å². The third-order valence-corrected chi connectivity index (χ3v) is 2.75. The van der Waals surface area contributed by atoms with Crippen LogP contribution < -0.4 is 5.32 Å². The molecule has 6 heteroatoms. The molecule has 17 heavy (non-hydrogen) atoms. The molecule has 0 atom stereocenters. The number of unbranched alkanes of at least 4 members (excludes halogenated alkanes) is 2. The van der Waals surface area contributed by atoms with E-state index in [2.05, 4.69) is 42.6 Å². The summed E-state index contributed by atoms with van der Waals surface area (Å²) in [4.78, 5) is 19.1. The highest BCUT2D eigenvalue weighted by Crippen LogP contribution is 2.04. The zero-order valence-electron chi connectivity index (χ0n) is 9.78. The Morgan fingerprint density at radius 3 is 2.71 bits per heavy atom. The quantitative estimate of drug-likeness (QED) is 0.465. The molecule has 0 radical (unpaired) electrons. The SMILES string of the molecule is COC(=O)CCCCCNc1ncc(I)cn1. The molecule has 0 spiro atoms. The zero-order chi connectivity index (χ0) is 12.5. The lowest BCUT2D eigenvalue weighted by Gasteiger charge is -2.04. The van der Waals surface area contributed by atoms with Gasteiger partial charge in [0.05, 0.1) is 7.11 Å². The number of rotatable bonds is 7. The van der Waals surface area contributed by atoms with Crippen molar-refractivity contribution in [3.05, 3.63) is 16.0 Å². The maximum Gasteiger partial charge on any atom is 0.305 e. The van der Waals surface area contributed by atoms with Gasteiger partial charge in [0, 0.05) is 28.9 Å². The minimum Gasteiger partial charge on any atom is -0.469 e. The molecule has 0 aliphatic heterocycles. The van der Waals surface area contributed by atoms with E-state index >= 15 is 0 Å². The molecular weight excluding hydrogens is 333 g/mol. The first-order valence-electron chi connectivity index (χ1n) is 5.50. The minimum absolute atomic E-state index is 0.140. The van der Waals surface area contributed by atoms with E-state index < -0.39 is 0 Å². The summed E-state index contributed by atoms with van der Waals surface area (Å²) in [5.74, 6) is 0.511. The van der Waals surface area contributed by atoms with Gasteiger partial charge in [0.15, 0.2) is 0 Å². The van der Waals surface area contributed by atoms with Crippen LogP contribution in [0.5, 0.6) is 0 Å². The number of hydrogen-bond donors (Lipinski definition) is 1. The summed E-state index contributed by atoms with van der Waals surface area (Å²) in [7, 11) is 1.41. The molecule has 0 aliphatic carbocycles. The average molecular weight is 349 g/mol. The van der Waals surface area contributed by atoms with Crippen LogP contribution in [0.3, 0.4) is 0 Å². The smallest absolute Gasteiger partial charge is 0.305 e. The van der Waals surface area contributed by atoms with Gasteiger partial charge < -0.3 is 10.1 Å². The van der Waals surface area contributed by atoms with Gasteiger partial charge in [0.25, 0.3) is 0 Å². The van der Waals surface area contributed by atoms with E-state index in [4.69, 9.17) is 0 Å². The third-order valence-electron chi connectivity index (χ3n) is 2.19. The van der Waals surface area contributed by atoms with Crippen LogP contribution in [0, 0.1) is 3.57 Å². The molecule has 1 heterocycles. The van der Waals surface area contributed by atoms with Gasteiger partial charge in [-0.3, -0.25) is 4.79 Å². The summed E-state index contributed by atoms with van der Waals surface area (Å²) in [6.07, 6.45) is 6.89. The van der Waals surface area contributed by atoms with Crippen molar-refractivity contribution in [2.75, 3.05) is 19.0 Å². The molecule has 1 aromatic rings. The summed E-state index contributed by atoms with van der Waals surface area (Å²) in [6, 6.07) is 0. The predicted molar refractivity (Wildman–Crippen MR) is 73.7 cm³/mol. The molecule has 0 aromatic carbocycles. The Balaban J connectivity index is 2.04. The normalized spacial score (nSPS) is 10.0. The number of anilines is 1. The van der Waals surface area contributed by atoms with Gasteiger partial charge in [-0.15, -0.1) is 0 Å². The highest BCUT2D eigenvalue weighted by molar-refractivity contribution is 14.1. The Morgan fingerprint density at radius 2 is 2.06 bits per heavy atom. The molecule has 0 aliphatic rings. The molecule has 0 fully saturated rings. The van der Waals surface area contributed by atoms with Gasteiger partial charge >= 0.3 is 5.97 Å². The maximum absolute atomic E-state index is 10.8. The van der Waals surface area contributed by atoms with Gasteiger partial charge in [-0.25, -0.2) is 9.97 Å². The number of halogens is 1. The van der Waals surface area contributed by atoms with E-state index in [0.717, 1.165) is 29.4 Å². The fraction of sp³-hybridized carbons (Fsp3) is 0.545. The topological polar surface area (TPSA) is 64.1 Å².